The fourth-order valence-electron chi connectivity index (χ4n) is 2.16. The molecule has 17 heavy (non-hydrogen) atoms. The normalized spacial score (nSPS) is 10.9. The molecule has 2 heterocycles. The quantitative estimate of drug-likeness (QED) is 0.707. The van der Waals surface area contributed by atoms with Crippen LogP contribution < -0.4 is 4.74 Å². The molecule has 0 aliphatic carbocycles. The maximum atomic E-state index is 5.07. The van der Waals surface area contributed by atoms with Gasteiger partial charge in [-0.25, -0.2) is 4.98 Å². The van der Waals surface area contributed by atoms with E-state index in [9.17, 15) is 0 Å². The van der Waals surface area contributed by atoms with E-state index in [0.29, 0.717) is 6.01 Å². The summed E-state index contributed by atoms with van der Waals surface area (Å²) >= 11 is 0. The van der Waals surface area contributed by atoms with Crippen molar-refractivity contribution >= 4 is 10.9 Å². The van der Waals surface area contributed by atoms with Crippen molar-refractivity contribution in [3.05, 3.63) is 36.2 Å². The van der Waals surface area contributed by atoms with E-state index in [2.05, 4.69) is 34.0 Å². The summed E-state index contributed by atoms with van der Waals surface area (Å²) in [4.78, 5) is 10.7. The molecule has 0 aliphatic heterocycles. The van der Waals surface area contributed by atoms with Crippen LogP contribution in [0.5, 0.6) is 6.01 Å². The molecule has 3 aromatic rings. The monoisotopic (exact) mass is 227 g/mol. The lowest BCUT2D eigenvalue weighted by Crippen LogP contribution is -1.84. The van der Waals surface area contributed by atoms with Gasteiger partial charge in [0.2, 0.25) is 0 Å². The van der Waals surface area contributed by atoms with Gasteiger partial charge in [-0.3, -0.25) is 0 Å². The second kappa shape index (κ2) is 3.66. The van der Waals surface area contributed by atoms with E-state index in [1.54, 1.807) is 13.3 Å². The van der Waals surface area contributed by atoms with Crippen molar-refractivity contribution in [1.29, 1.82) is 0 Å². The number of para-hydroxylation sites is 1. The molecule has 0 saturated heterocycles. The highest BCUT2D eigenvalue weighted by molar-refractivity contribution is 5.96. The van der Waals surface area contributed by atoms with Crippen molar-refractivity contribution in [2.24, 2.45) is 0 Å². The molecule has 0 aliphatic rings. The maximum absolute atomic E-state index is 5.07. The zero-order valence-corrected chi connectivity index (χ0v) is 9.74. The summed E-state index contributed by atoms with van der Waals surface area (Å²) in [6.45, 7) is 2.06. The SMILES string of the molecule is COc1ncc(-c2c(C)[nH]c3ccccc23)[nH]1. The number of aromatic nitrogens is 3. The van der Waals surface area contributed by atoms with Crippen LogP contribution in [0.25, 0.3) is 22.2 Å². The number of aromatic amines is 2. The number of H-pyrrole nitrogens is 2. The second-order valence-electron chi connectivity index (χ2n) is 3.98. The van der Waals surface area contributed by atoms with Crippen molar-refractivity contribution in [3.8, 4) is 17.3 Å². The number of hydrogen-bond acceptors (Lipinski definition) is 2. The molecule has 0 radical (unpaired) electrons. The Morgan fingerprint density at radius 2 is 2.00 bits per heavy atom. The molecule has 4 nitrogen and oxygen atoms in total. The third-order valence-electron chi connectivity index (χ3n) is 2.91. The molecule has 2 N–H and O–H groups in total. The average Bonchev–Trinajstić information content (AvgIpc) is 2.91. The Bertz CT molecular complexity index is 666. The van der Waals surface area contributed by atoms with Gasteiger partial charge in [-0.2, -0.15) is 0 Å². The molecule has 0 saturated carbocycles. The number of imidazole rings is 1. The van der Waals surface area contributed by atoms with Crippen molar-refractivity contribution in [1.82, 2.24) is 15.0 Å². The van der Waals surface area contributed by atoms with E-state index in [1.807, 2.05) is 12.1 Å². The highest BCUT2D eigenvalue weighted by atomic mass is 16.5. The maximum Gasteiger partial charge on any atom is 0.293 e. The van der Waals surface area contributed by atoms with Crippen LogP contribution in [0, 0.1) is 6.92 Å². The number of methoxy groups -OCH3 is 1. The number of benzene rings is 1. The molecular formula is C13H13N3O. The third kappa shape index (κ3) is 1.49. The summed E-state index contributed by atoms with van der Waals surface area (Å²) < 4.78 is 5.07. The molecule has 0 amide bonds. The van der Waals surface area contributed by atoms with E-state index >= 15 is 0 Å². The smallest absolute Gasteiger partial charge is 0.293 e. The molecule has 4 heteroatoms. The van der Waals surface area contributed by atoms with Crippen LogP contribution in [-0.4, -0.2) is 22.1 Å². The van der Waals surface area contributed by atoms with Gasteiger partial charge in [0.25, 0.3) is 6.01 Å². The topological polar surface area (TPSA) is 53.7 Å². The van der Waals surface area contributed by atoms with Gasteiger partial charge >= 0.3 is 0 Å². The van der Waals surface area contributed by atoms with E-state index in [-0.39, 0.29) is 0 Å². The van der Waals surface area contributed by atoms with Crippen LogP contribution in [0.1, 0.15) is 5.69 Å². The Balaban J connectivity index is 2.25. The van der Waals surface area contributed by atoms with Gasteiger partial charge in [0.1, 0.15) is 0 Å². The van der Waals surface area contributed by atoms with Crippen molar-refractivity contribution in [3.63, 3.8) is 0 Å². The summed E-state index contributed by atoms with van der Waals surface area (Å²) in [5.74, 6) is 0. The minimum atomic E-state index is 0.532. The standard InChI is InChI=1S/C13H13N3O/c1-8-12(11-7-14-13(16-11)17-2)9-5-3-4-6-10(9)15-8/h3-7,15H,1-2H3,(H,14,16). The lowest BCUT2D eigenvalue weighted by Gasteiger charge is -1.97. The molecular weight excluding hydrogens is 214 g/mol. The lowest BCUT2D eigenvalue weighted by molar-refractivity contribution is 0.384. The number of ether oxygens (including phenoxy) is 1. The van der Waals surface area contributed by atoms with Gasteiger partial charge in [-0.1, -0.05) is 18.2 Å². The van der Waals surface area contributed by atoms with E-state index in [4.69, 9.17) is 4.74 Å². The molecule has 2 aromatic heterocycles. The van der Waals surface area contributed by atoms with Crippen LogP contribution in [0.2, 0.25) is 0 Å². The molecule has 0 bridgehead atoms. The second-order valence-corrected chi connectivity index (χ2v) is 3.98. The van der Waals surface area contributed by atoms with Crippen LogP contribution in [0.15, 0.2) is 30.5 Å². The van der Waals surface area contributed by atoms with Crippen LogP contribution in [-0.2, 0) is 0 Å². The summed E-state index contributed by atoms with van der Waals surface area (Å²) in [6.07, 6.45) is 1.79. The molecule has 0 spiro atoms. The first-order chi connectivity index (χ1) is 8.29. The molecule has 0 unspecified atom stereocenters. The first-order valence-corrected chi connectivity index (χ1v) is 5.46. The number of aryl methyl sites for hydroxylation is 1. The van der Waals surface area contributed by atoms with Crippen LogP contribution >= 0.6 is 0 Å². The first-order valence-electron chi connectivity index (χ1n) is 5.46. The van der Waals surface area contributed by atoms with Gasteiger partial charge in [-0.15, -0.1) is 0 Å². The summed E-state index contributed by atoms with van der Waals surface area (Å²) in [5, 5.41) is 1.19. The largest absolute Gasteiger partial charge is 0.468 e. The molecule has 86 valence electrons. The van der Waals surface area contributed by atoms with Crippen LogP contribution in [0.3, 0.4) is 0 Å². The highest BCUT2D eigenvalue weighted by Crippen LogP contribution is 2.31. The predicted molar refractivity (Wildman–Crippen MR) is 67.2 cm³/mol. The van der Waals surface area contributed by atoms with E-state index in [0.717, 1.165) is 22.5 Å². The highest BCUT2D eigenvalue weighted by Gasteiger charge is 2.12. The fraction of sp³-hybridized carbons (Fsp3) is 0.154. The van der Waals surface area contributed by atoms with Gasteiger partial charge < -0.3 is 14.7 Å². The Labute approximate surface area is 98.7 Å². The van der Waals surface area contributed by atoms with E-state index in [1.165, 1.54) is 5.39 Å². The Hall–Kier alpha value is -2.23. The minimum Gasteiger partial charge on any atom is -0.468 e. The van der Waals surface area contributed by atoms with Gasteiger partial charge in [0.05, 0.1) is 19.0 Å². The van der Waals surface area contributed by atoms with Crippen molar-refractivity contribution in [2.45, 2.75) is 6.92 Å². The summed E-state index contributed by atoms with van der Waals surface area (Å²) in [7, 11) is 1.60. The first kappa shape index (κ1) is 9.96. The van der Waals surface area contributed by atoms with Gasteiger partial charge in [0.15, 0.2) is 0 Å². The zero-order chi connectivity index (χ0) is 11.8. The van der Waals surface area contributed by atoms with Crippen molar-refractivity contribution in [2.75, 3.05) is 7.11 Å². The Morgan fingerprint density at radius 1 is 1.18 bits per heavy atom. The Kier molecular flexibility index (Phi) is 2.14. The summed E-state index contributed by atoms with van der Waals surface area (Å²) in [6, 6.07) is 8.76. The number of hydrogen-bond donors (Lipinski definition) is 2. The lowest BCUT2D eigenvalue weighted by atomic mass is 10.1. The number of nitrogens with zero attached hydrogens (tertiary/aromatic N) is 1. The predicted octanol–water partition coefficient (Wildman–Crippen LogP) is 2.88. The Morgan fingerprint density at radius 3 is 2.76 bits per heavy atom. The molecule has 0 atom stereocenters. The van der Waals surface area contributed by atoms with Crippen molar-refractivity contribution < 1.29 is 4.74 Å². The molecule has 0 fully saturated rings. The van der Waals surface area contributed by atoms with E-state index < -0.39 is 0 Å². The van der Waals surface area contributed by atoms with Gasteiger partial charge in [-0.05, 0) is 13.0 Å². The number of rotatable bonds is 2. The summed E-state index contributed by atoms with van der Waals surface area (Å²) in [5.41, 5.74) is 4.37. The average molecular weight is 227 g/mol. The molecule has 1 aromatic carbocycles. The minimum absolute atomic E-state index is 0.532. The van der Waals surface area contributed by atoms with Crippen LogP contribution in [0.4, 0.5) is 0 Å². The third-order valence-corrected chi connectivity index (χ3v) is 2.91. The van der Waals surface area contributed by atoms with Gasteiger partial charge in [0, 0.05) is 22.2 Å². The molecule has 3 rings (SSSR count). The fourth-order valence-corrected chi connectivity index (χ4v) is 2.16. The zero-order valence-electron chi connectivity index (χ0n) is 9.74. The number of nitrogens with one attached hydrogen (secondary N) is 2. The number of fused-ring (bicyclic) bond motifs is 1.